The number of anilines is 1. The maximum absolute atomic E-state index is 11.6. The Balaban J connectivity index is 2.55. The number of hydrogen-bond acceptors (Lipinski definition) is 7. The Labute approximate surface area is 122 Å². The summed E-state index contributed by atoms with van der Waals surface area (Å²) in [4.78, 5) is 22.4. The first-order chi connectivity index (χ1) is 9.67. The molecule has 1 aromatic rings. The van der Waals surface area contributed by atoms with E-state index in [0.717, 1.165) is 0 Å². The van der Waals surface area contributed by atoms with Crippen LogP contribution in [0.25, 0.3) is 0 Å². The van der Waals surface area contributed by atoms with E-state index in [-0.39, 0.29) is 18.1 Å². The number of aromatic nitrogens is 2. The van der Waals surface area contributed by atoms with Crippen LogP contribution in [0.15, 0.2) is 17.2 Å². The molecule has 8 heteroatoms. The minimum atomic E-state index is -0.654. The van der Waals surface area contributed by atoms with E-state index in [0.29, 0.717) is 11.5 Å². The molecule has 0 aliphatic rings. The Morgan fingerprint density at radius 1 is 1.33 bits per heavy atom. The van der Waals surface area contributed by atoms with Crippen molar-refractivity contribution < 1.29 is 14.3 Å². The normalized spacial score (nSPS) is 11.9. The average molecular weight is 293 g/mol. The molecular formula is C13H19N5O3. The van der Waals surface area contributed by atoms with Crippen LogP contribution in [0.4, 0.5) is 5.82 Å². The van der Waals surface area contributed by atoms with Gasteiger partial charge in [0.25, 0.3) is 5.91 Å². The van der Waals surface area contributed by atoms with Crippen LogP contribution in [-0.4, -0.2) is 33.4 Å². The van der Waals surface area contributed by atoms with Crippen molar-refractivity contribution in [3.63, 3.8) is 0 Å². The van der Waals surface area contributed by atoms with Crippen molar-refractivity contribution >= 4 is 23.4 Å². The Morgan fingerprint density at radius 3 is 2.48 bits per heavy atom. The highest BCUT2D eigenvalue weighted by atomic mass is 16.6. The number of carbonyl (C=O) groups excluding carboxylic acids is 2. The Morgan fingerprint density at radius 2 is 2.00 bits per heavy atom. The zero-order valence-electron chi connectivity index (χ0n) is 12.5. The third-order valence-corrected chi connectivity index (χ3v) is 2.10. The van der Waals surface area contributed by atoms with Crippen LogP contribution < -0.4 is 11.2 Å². The number of hydrogen-bond donors (Lipinski definition) is 2. The van der Waals surface area contributed by atoms with E-state index < -0.39 is 11.5 Å². The maximum Gasteiger partial charge on any atom is 0.312 e. The number of hydrazone groups is 1. The van der Waals surface area contributed by atoms with Gasteiger partial charge in [0.2, 0.25) is 0 Å². The molecule has 0 unspecified atom stereocenters. The van der Waals surface area contributed by atoms with Crippen LogP contribution in [0.2, 0.25) is 0 Å². The van der Waals surface area contributed by atoms with E-state index in [1.54, 1.807) is 27.7 Å². The maximum atomic E-state index is 11.6. The second kappa shape index (κ2) is 6.78. The van der Waals surface area contributed by atoms with Crippen LogP contribution in [0.3, 0.4) is 0 Å². The molecule has 1 heterocycles. The standard InChI is InChI=1S/C13H19N5O3/c1-8(7-11(19)21-13(2,3)4)15-17-10-6-5-9(12(14)20)16-18-10/h5-6H,7H2,1-4H3,(H2,14,20)(H,17,18)/b15-8+. The fourth-order valence-corrected chi connectivity index (χ4v) is 1.30. The molecule has 0 aliphatic carbocycles. The molecule has 0 aromatic carbocycles. The molecule has 0 bridgehead atoms. The van der Waals surface area contributed by atoms with Gasteiger partial charge >= 0.3 is 5.97 Å². The van der Waals surface area contributed by atoms with Crippen LogP contribution in [0, 0.1) is 0 Å². The second-order valence-corrected chi connectivity index (χ2v) is 5.39. The van der Waals surface area contributed by atoms with E-state index in [2.05, 4.69) is 20.7 Å². The van der Waals surface area contributed by atoms with E-state index in [9.17, 15) is 9.59 Å². The van der Waals surface area contributed by atoms with E-state index in [1.165, 1.54) is 12.1 Å². The van der Waals surface area contributed by atoms with Crippen molar-refractivity contribution in [2.24, 2.45) is 10.8 Å². The van der Waals surface area contributed by atoms with Gasteiger partial charge in [-0.05, 0) is 39.8 Å². The van der Waals surface area contributed by atoms with Gasteiger partial charge in [0.05, 0.1) is 6.42 Å². The molecule has 0 radical (unpaired) electrons. The van der Waals surface area contributed by atoms with Crippen molar-refractivity contribution in [1.29, 1.82) is 0 Å². The highest BCUT2D eigenvalue weighted by Crippen LogP contribution is 2.09. The van der Waals surface area contributed by atoms with Gasteiger partial charge in [-0.15, -0.1) is 10.2 Å². The summed E-state index contributed by atoms with van der Waals surface area (Å²) >= 11 is 0. The van der Waals surface area contributed by atoms with Gasteiger partial charge < -0.3 is 10.5 Å². The van der Waals surface area contributed by atoms with Gasteiger partial charge in [-0.2, -0.15) is 5.10 Å². The summed E-state index contributed by atoms with van der Waals surface area (Å²) in [5.74, 6) is -0.678. The zero-order valence-corrected chi connectivity index (χ0v) is 12.5. The molecule has 0 saturated heterocycles. The SMILES string of the molecule is C/C(CC(=O)OC(C)(C)C)=N\Nc1ccc(C(N)=O)nn1. The van der Waals surface area contributed by atoms with Gasteiger partial charge in [0, 0.05) is 5.71 Å². The molecule has 3 N–H and O–H groups in total. The molecule has 1 amide bonds. The molecule has 0 saturated carbocycles. The average Bonchev–Trinajstić information content (AvgIpc) is 2.34. The first-order valence-electron chi connectivity index (χ1n) is 6.32. The summed E-state index contributed by atoms with van der Waals surface area (Å²) in [5.41, 5.74) is 7.75. The summed E-state index contributed by atoms with van der Waals surface area (Å²) in [6, 6.07) is 2.94. The zero-order chi connectivity index (χ0) is 16.0. The number of nitrogens with zero attached hydrogens (tertiary/aromatic N) is 3. The molecule has 8 nitrogen and oxygen atoms in total. The molecule has 114 valence electrons. The van der Waals surface area contributed by atoms with Crippen LogP contribution in [0.5, 0.6) is 0 Å². The topological polar surface area (TPSA) is 120 Å². The van der Waals surface area contributed by atoms with Gasteiger partial charge in [-0.25, -0.2) is 0 Å². The number of ether oxygens (including phenoxy) is 1. The van der Waals surface area contributed by atoms with Crippen LogP contribution in [-0.2, 0) is 9.53 Å². The van der Waals surface area contributed by atoms with Crippen molar-refractivity contribution in [3.05, 3.63) is 17.8 Å². The quantitative estimate of drug-likeness (QED) is 0.476. The highest BCUT2D eigenvalue weighted by molar-refractivity contribution is 5.97. The summed E-state index contributed by atoms with van der Waals surface area (Å²) < 4.78 is 5.18. The van der Waals surface area contributed by atoms with Gasteiger partial charge in [-0.1, -0.05) is 0 Å². The summed E-state index contributed by atoms with van der Waals surface area (Å²) in [6.45, 7) is 7.07. The minimum absolute atomic E-state index is 0.0648. The molecular weight excluding hydrogens is 274 g/mol. The summed E-state index contributed by atoms with van der Waals surface area (Å²) in [7, 11) is 0. The number of amides is 1. The Kier molecular flexibility index (Phi) is 5.34. The number of carbonyl (C=O) groups is 2. The molecule has 1 aromatic heterocycles. The van der Waals surface area contributed by atoms with Gasteiger partial charge in [-0.3, -0.25) is 15.0 Å². The smallest absolute Gasteiger partial charge is 0.312 e. The first kappa shape index (κ1) is 16.5. The second-order valence-electron chi connectivity index (χ2n) is 5.39. The summed E-state index contributed by atoms with van der Waals surface area (Å²) in [5, 5.41) is 11.3. The van der Waals surface area contributed by atoms with E-state index >= 15 is 0 Å². The minimum Gasteiger partial charge on any atom is -0.460 e. The van der Waals surface area contributed by atoms with Crippen LogP contribution in [0.1, 0.15) is 44.6 Å². The fraction of sp³-hybridized carbons (Fsp3) is 0.462. The number of esters is 1. The number of primary amides is 1. The Bertz CT molecular complexity index is 546. The lowest BCUT2D eigenvalue weighted by atomic mass is 10.2. The number of nitrogens with one attached hydrogen (secondary N) is 1. The molecule has 0 fully saturated rings. The van der Waals surface area contributed by atoms with Gasteiger partial charge in [0.15, 0.2) is 11.5 Å². The third kappa shape index (κ3) is 6.46. The predicted molar refractivity (Wildman–Crippen MR) is 77.7 cm³/mol. The largest absolute Gasteiger partial charge is 0.460 e. The molecule has 0 spiro atoms. The molecule has 0 atom stereocenters. The van der Waals surface area contributed by atoms with Crippen molar-refractivity contribution in [3.8, 4) is 0 Å². The molecule has 0 aliphatic heterocycles. The fourth-order valence-electron chi connectivity index (χ4n) is 1.30. The van der Waals surface area contributed by atoms with E-state index in [4.69, 9.17) is 10.5 Å². The van der Waals surface area contributed by atoms with Crippen molar-refractivity contribution in [2.75, 3.05) is 5.43 Å². The third-order valence-electron chi connectivity index (χ3n) is 2.10. The lowest BCUT2D eigenvalue weighted by molar-refractivity contribution is -0.153. The molecule has 1 rings (SSSR count). The molecule has 21 heavy (non-hydrogen) atoms. The van der Waals surface area contributed by atoms with Crippen molar-refractivity contribution in [1.82, 2.24) is 10.2 Å². The lowest BCUT2D eigenvalue weighted by Gasteiger charge is -2.19. The highest BCUT2D eigenvalue weighted by Gasteiger charge is 2.16. The lowest BCUT2D eigenvalue weighted by Crippen LogP contribution is -2.25. The van der Waals surface area contributed by atoms with Gasteiger partial charge in [0.1, 0.15) is 5.60 Å². The monoisotopic (exact) mass is 293 g/mol. The summed E-state index contributed by atoms with van der Waals surface area (Å²) in [6.07, 6.45) is 0.0665. The first-order valence-corrected chi connectivity index (χ1v) is 6.32. The van der Waals surface area contributed by atoms with Crippen molar-refractivity contribution in [2.45, 2.75) is 39.7 Å². The predicted octanol–water partition coefficient (Wildman–Crippen LogP) is 1.10. The Hall–Kier alpha value is -2.51. The van der Waals surface area contributed by atoms with E-state index in [1.807, 2.05) is 0 Å². The van der Waals surface area contributed by atoms with Crippen LogP contribution >= 0.6 is 0 Å². The number of nitrogens with two attached hydrogens (primary N) is 1. The number of rotatable bonds is 5.